The van der Waals surface area contributed by atoms with Gasteiger partial charge in [-0.25, -0.2) is 4.99 Å². The molecule has 2 unspecified atom stereocenters. The Kier molecular flexibility index (Phi) is 12.0. The van der Waals surface area contributed by atoms with E-state index in [0.29, 0.717) is 24.6 Å². The van der Waals surface area contributed by atoms with Gasteiger partial charge in [-0.15, -0.1) is 35.3 Å². The van der Waals surface area contributed by atoms with Crippen molar-refractivity contribution in [2.75, 3.05) is 26.2 Å². The number of carbonyl (C=O) groups excluding carboxylic acids is 1. The van der Waals surface area contributed by atoms with Gasteiger partial charge in [0.1, 0.15) is 0 Å². The zero-order valence-electron chi connectivity index (χ0n) is 18.9. The molecule has 2 heterocycles. The summed E-state index contributed by atoms with van der Waals surface area (Å²) < 4.78 is 5.57. The Bertz CT molecular complexity index is 838. The quantitative estimate of drug-likeness (QED) is 0.228. The normalized spacial score (nSPS) is 16.8. The maximum Gasteiger partial charge on any atom is 0.251 e. The first-order valence-corrected chi connectivity index (χ1v) is 12.0. The molecule has 2 atom stereocenters. The first-order valence-electron chi connectivity index (χ1n) is 11.2. The van der Waals surface area contributed by atoms with E-state index in [9.17, 15) is 4.79 Å². The maximum atomic E-state index is 12.5. The van der Waals surface area contributed by atoms with Gasteiger partial charge < -0.3 is 20.7 Å². The number of hydrogen-bond acceptors (Lipinski definition) is 4. The van der Waals surface area contributed by atoms with E-state index < -0.39 is 0 Å². The topological polar surface area (TPSA) is 74.8 Å². The molecule has 1 fully saturated rings. The number of thiophene rings is 1. The van der Waals surface area contributed by atoms with Crippen LogP contribution in [0.25, 0.3) is 0 Å². The summed E-state index contributed by atoms with van der Waals surface area (Å²) >= 11 is 1.80. The van der Waals surface area contributed by atoms with Crippen LogP contribution in [-0.4, -0.2) is 44.2 Å². The molecule has 0 bridgehead atoms. The van der Waals surface area contributed by atoms with Crippen LogP contribution in [0, 0.1) is 5.92 Å². The summed E-state index contributed by atoms with van der Waals surface area (Å²) in [5.74, 6) is 1.25. The third-order valence-electron chi connectivity index (χ3n) is 5.22. The molecule has 3 rings (SSSR count). The number of halogens is 1. The molecule has 8 heteroatoms. The monoisotopic (exact) mass is 570 g/mol. The molecule has 0 saturated carbocycles. The summed E-state index contributed by atoms with van der Waals surface area (Å²) in [6, 6.07) is 12.0. The lowest BCUT2D eigenvalue weighted by Gasteiger charge is -2.15. The van der Waals surface area contributed by atoms with Crippen LogP contribution in [0.4, 0.5) is 0 Å². The fraction of sp³-hybridized carbons (Fsp3) is 0.500. The van der Waals surface area contributed by atoms with E-state index in [-0.39, 0.29) is 36.0 Å². The van der Waals surface area contributed by atoms with Crippen molar-refractivity contribution < 1.29 is 9.53 Å². The highest BCUT2D eigenvalue weighted by Crippen LogP contribution is 2.14. The summed E-state index contributed by atoms with van der Waals surface area (Å²) in [7, 11) is 0. The van der Waals surface area contributed by atoms with Gasteiger partial charge in [-0.05, 0) is 61.2 Å². The van der Waals surface area contributed by atoms with Crippen molar-refractivity contribution in [1.29, 1.82) is 0 Å². The number of benzene rings is 1. The third kappa shape index (κ3) is 9.07. The molecule has 0 spiro atoms. The average Bonchev–Trinajstić information content (AvgIpc) is 3.48. The molecule has 1 aromatic heterocycles. The van der Waals surface area contributed by atoms with Crippen LogP contribution in [-0.2, 0) is 17.7 Å². The minimum absolute atomic E-state index is 0. The molecule has 0 radical (unpaired) electrons. The van der Waals surface area contributed by atoms with Gasteiger partial charge in [-0.3, -0.25) is 4.79 Å². The van der Waals surface area contributed by atoms with Gasteiger partial charge in [0.2, 0.25) is 0 Å². The molecular formula is C24H35IN4O2S. The maximum absolute atomic E-state index is 12.5. The highest BCUT2D eigenvalue weighted by Gasteiger charge is 2.16. The van der Waals surface area contributed by atoms with E-state index >= 15 is 0 Å². The van der Waals surface area contributed by atoms with Crippen molar-refractivity contribution in [2.45, 2.75) is 45.8 Å². The van der Waals surface area contributed by atoms with Crippen molar-refractivity contribution in [3.05, 3.63) is 57.8 Å². The van der Waals surface area contributed by atoms with Gasteiger partial charge in [0.05, 0.1) is 12.6 Å². The summed E-state index contributed by atoms with van der Waals surface area (Å²) in [5, 5.41) is 11.9. The Morgan fingerprint density at radius 2 is 2.12 bits per heavy atom. The number of ether oxygens (including phenoxy) is 1. The van der Waals surface area contributed by atoms with Gasteiger partial charge in [0.25, 0.3) is 5.91 Å². The van der Waals surface area contributed by atoms with E-state index in [1.165, 1.54) is 4.88 Å². The first kappa shape index (κ1) is 26.6. The van der Waals surface area contributed by atoms with Crippen LogP contribution in [0.5, 0.6) is 0 Å². The average molecular weight is 571 g/mol. The smallest absolute Gasteiger partial charge is 0.251 e. The standard InChI is InChI=1S/C24H34N4O2S.HI/c1-3-25-24(27-15-18(2)13-22-10-6-12-31-22)28-16-19-7-4-8-20(14-19)23(29)26-17-21-9-5-11-30-21;/h4,6-8,10,12,14,18,21H,3,5,9,11,13,15-17H2,1-2H3,(H,26,29)(H2,25,27,28);1H. The van der Waals surface area contributed by atoms with E-state index in [2.05, 4.69) is 47.3 Å². The molecule has 32 heavy (non-hydrogen) atoms. The Morgan fingerprint density at radius 1 is 1.25 bits per heavy atom. The van der Waals surface area contributed by atoms with Gasteiger partial charge in [0.15, 0.2) is 5.96 Å². The Hall–Kier alpha value is -1.65. The van der Waals surface area contributed by atoms with Gasteiger partial charge in [-0.1, -0.05) is 25.1 Å². The fourth-order valence-corrected chi connectivity index (χ4v) is 4.42. The zero-order valence-corrected chi connectivity index (χ0v) is 22.1. The SMILES string of the molecule is CCNC(=NCc1cccc(C(=O)NCC2CCCO2)c1)NCC(C)Cc1cccs1.I. The highest BCUT2D eigenvalue weighted by molar-refractivity contribution is 14.0. The van der Waals surface area contributed by atoms with E-state index in [1.54, 1.807) is 11.3 Å². The molecule has 176 valence electrons. The summed E-state index contributed by atoms with van der Waals surface area (Å²) in [5.41, 5.74) is 1.67. The Morgan fingerprint density at radius 3 is 2.84 bits per heavy atom. The highest BCUT2D eigenvalue weighted by atomic mass is 127. The third-order valence-corrected chi connectivity index (χ3v) is 6.11. The predicted molar refractivity (Wildman–Crippen MR) is 143 cm³/mol. The van der Waals surface area contributed by atoms with Gasteiger partial charge >= 0.3 is 0 Å². The predicted octanol–water partition coefficient (Wildman–Crippen LogP) is 4.21. The van der Waals surface area contributed by atoms with Gasteiger partial charge in [0, 0.05) is 36.7 Å². The fourth-order valence-electron chi connectivity index (χ4n) is 3.55. The number of amides is 1. The largest absolute Gasteiger partial charge is 0.376 e. The van der Waals surface area contributed by atoms with Crippen LogP contribution in [0.2, 0.25) is 0 Å². The van der Waals surface area contributed by atoms with Crippen LogP contribution >= 0.6 is 35.3 Å². The number of aliphatic imine (C=N–C) groups is 1. The lowest BCUT2D eigenvalue weighted by atomic mass is 10.1. The van der Waals surface area contributed by atoms with Crippen molar-refractivity contribution in [1.82, 2.24) is 16.0 Å². The minimum Gasteiger partial charge on any atom is -0.376 e. The molecule has 2 aromatic rings. The number of nitrogens with zero attached hydrogens (tertiary/aromatic N) is 1. The molecule has 1 amide bonds. The second kappa shape index (κ2) is 14.5. The number of guanidine groups is 1. The number of carbonyl (C=O) groups is 1. The number of rotatable bonds is 10. The van der Waals surface area contributed by atoms with Crippen LogP contribution in [0.1, 0.15) is 47.5 Å². The van der Waals surface area contributed by atoms with Crippen LogP contribution in [0.15, 0.2) is 46.8 Å². The molecular weight excluding hydrogens is 535 g/mol. The molecule has 1 saturated heterocycles. The molecule has 0 aliphatic carbocycles. The van der Waals surface area contributed by atoms with E-state index in [0.717, 1.165) is 50.5 Å². The van der Waals surface area contributed by atoms with Crippen molar-refractivity contribution in [2.24, 2.45) is 10.9 Å². The minimum atomic E-state index is -0.0613. The van der Waals surface area contributed by atoms with Crippen LogP contribution in [0.3, 0.4) is 0 Å². The summed E-state index contributed by atoms with van der Waals surface area (Å²) in [4.78, 5) is 18.6. The molecule has 1 aliphatic rings. The van der Waals surface area contributed by atoms with E-state index in [4.69, 9.17) is 9.73 Å². The van der Waals surface area contributed by atoms with Crippen LogP contribution < -0.4 is 16.0 Å². The summed E-state index contributed by atoms with van der Waals surface area (Å²) in [6.45, 7) is 7.84. The Balaban J connectivity index is 0.00000363. The summed E-state index contributed by atoms with van der Waals surface area (Å²) in [6.07, 6.45) is 3.30. The lowest BCUT2D eigenvalue weighted by Crippen LogP contribution is -2.39. The Labute approximate surface area is 212 Å². The number of nitrogens with one attached hydrogen (secondary N) is 3. The first-order chi connectivity index (χ1) is 15.1. The second-order valence-corrected chi connectivity index (χ2v) is 9.04. The lowest BCUT2D eigenvalue weighted by molar-refractivity contribution is 0.0857. The zero-order chi connectivity index (χ0) is 21.9. The van der Waals surface area contributed by atoms with Crippen molar-refractivity contribution in [3.63, 3.8) is 0 Å². The molecule has 3 N–H and O–H groups in total. The molecule has 6 nitrogen and oxygen atoms in total. The van der Waals surface area contributed by atoms with Crippen molar-refractivity contribution in [3.8, 4) is 0 Å². The van der Waals surface area contributed by atoms with Gasteiger partial charge in [-0.2, -0.15) is 0 Å². The second-order valence-electron chi connectivity index (χ2n) is 8.01. The molecule has 1 aromatic carbocycles. The number of hydrogen-bond donors (Lipinski definition) is 3. The molecule has 1 aliphatic heterocycles. The van der Waals surface area contributed by atoms with E-state index in [1.807, 2.05) is 24.3 Å². The van der Waals surface area contributed by atoms with Crippen molar-refractivity contribution >= 4 is 47.2 Å².